The van der Waals surface area contributed by atoms with E-state index in [0.29, 0.717) is 5.92 Å². The normalized spacial score (nSPS) is 19.9. The van der Waals surface area contributed by atoms with Crippen LogP contribution in [0.15, 0.2) is 47.4 Å². The van der Waals surface area contributed by atoms with Crippen molar-refractivity contribution in [3.05, 3.63) is 48.1 Å². The van der Waals surface area contributed by atoms with Crippen molar-refractivity contribution >= 4 is 24.4 Å². The first kappa shape index (κ1) is 11.2. The van der Waals surface area contributed by atoms with Gasteiger partial charge in [-0.05, 0) is 41.7 Å². The van der Waals surface area contributed by atoms with E-state index in [9.17, 15) is 0 Å². The van der Waals surface area contributed by atoms with Gasteiger partial charge < -0.3 is 5.41 Å². The highest BCUT2D eigenvalue weighted by atomic mass is 32.1. The summed E-state index contributed by atoms with van der Waals surface area (Å²) in [6, 6.07) is 8.13. The molecule has 0 saturated heterocycles. The number of hydrogen-bond acceptors (Lipinski definition) is 2. The molecule has 1 N–H and O–H groups in total. The van der Waals surface area contributed by atoms with Gasteiger partial charge in [-0.2, -0.15) is 0 Å². The molecule has 0 spiro atoms. The number of rotatable bonds is 3. The van der Waals surface area contributed by atoms with Crippen LogP contribution in [0.25, 0.3) is 5.57 Å². The molecule has 0 aliphatic heterocycles. The molecule has 16 heavy (non-hydrogen) atoms. The summed E-state index contributed by atoms with van der Waals surface area (Å²) in [7, 11) is 0. The highest BCUT2D eigenvalue weighted by Gasteiger charge is 2.22. The van der Waals surface area contributed by atoms with Gasteiger partial charge in [0, 0.05) is 17.0 Å². The Bertz CT molecular complexity index is 442. The Hall–Kier alpha value is -1.28. The Morgan fingerprint density at radius 3 is 2.56 bits per heavy atom. The van der Waals surface area contributed by atoms with Gasteiger partial charge in [-0.25, -0.2) is 0 Å². The second-order valence-corrected chi connectivity index (χ2v) is 4.53. The van der Waals surface area contributed by atoms with Crippen LogP contribution in [0.4, 0.5) is 0 Å². The third-order valence-electron chi connectivity index (χ3n) is 3.08. The summed E-state index contributed by atoms with van der Waals surface area (Å²) >= 11 is 4.28. The van der Waals surface area contributed by atoms with Crippen molar-refractivity contribution in [1.29, 1.82) is 5.41 Å². The van der Waals surface area contributed by atoms with Crippen molar-refractivity contribution in [3.8, 4) is 0 Å². The van der Waals surface area contributed by atoms with Crippen molar-refractivity contribution in [2.45, 2.75) is 17.7 Å². The minimum atomic E-state index is 0.391. The summed E-state index contributed by atoms with van der Waals surface area (Å²) in [5.74, 6) is 0.391. The number of hydrogen-bond donors (Lipinski definition) is 2. The third kappa shape index (κ3) is 1.98. The van der Waals surface area contributed by atoms with E-state index in [-0.39, 0.29) is 0 Å². The highest BCUT2D eigenvalue weighted by molar-refractivity contribution is 7.80. The molecule has 82 valence electrons. The van der Waals surface area contributed by atoms with Gasteiger partial charge in [0.25, 0.3) is 0 Å². The van der Waals surface area contributed by atoms with E-state index in [1.165, 1.54) is 17.4 Å². The Kier molecular flexibility index (Phi) is 3.30. The van der Waals surface area contributed by atoms with Crippen molar-refractivity contribution in [2.24, 2.45) is 5.92 Å². The van der Waals surface area contributed by atoms with Crippen LogP contribution in [-0.4, -0.2) is 6.21 Å². The van der Waals surface area contributed by atoms with Crippen LogP contribution >= 0.6 is 12.6 Å². The topological polar surface area (TPSA) is 23.9 Å². The largest absolute Gasteiger partial charge is 0.308 e. The number of nitrogens with one attached hydrogen (secondary N) is 1. The zero-order chi connectivity index (χ0) is 11.5. The minimum absolute atomic E-state index is 0.391. The molecule has 1 unspecified atom stereocenters. The van der Waals surface area contributed by atoms with E-state index in [1.54, 1.807) is 0 Å². The molecule has 1 aliphatic rings. The second-order valence-electron chi connectivity index (χ2n) is 4.01. The monoisotopic (exact) mass is 229 g/mol. The number of allylic oxidation sites excluding steroid dienone is 3. The van der Waals surface area contributed by atoms with Crippen LogP contribution < -0.4 is 0 Å². The van der Waals surface area contributed by atoms with Crippen LogP contribution in [0.5, 0.6) is 0 Å². The smallest absolute Gasteiger partial charge is 0.0213 e. The van der Waals surface area contributed by atoms with Crippen molar-refractivity contribution in [2.75, 3.05) is 0 Å². The Balaban J connectivity index is 2.46. The van der Waals surface area contributed by atoms with Crippen LogP contribution in [0.3, 0.4) is 0 Å². The van der Waals surface area contributed by atoms with E-state index in [1.807, 2.05) is 18.2 Å². The lowest BCUT2D eigenvalue weighted by Gasteiger charge is -2.11. The summed E-state index contributed by atoms with van der Waals surface area (Å²) in [4.78, 5) is 0.967. The van der Waals surface area contributed by atoms with Gasteiger partial charge in [0.15, 0.2) is 0 Å². The lowest BCUT2D eigenvalue weighted by atomic mass is 9.94. The van der Waals surface area contributed by atoms with Gasteiger partial charge in [0.05, 0.1) is 0 Å². The second kappa shape index (κ2) is 4.71. The SMILES string of the molecule is C=CC1CCC(C=N)=C1c1ccc(S)cc1. The third-order valence-corrected chi connectivity index (χ3v) is 3.38. The number of thiol groups is 1. The highest BCUT2D eigenvalue weighted by Crippen LogP contribution is 2.38. The molecule has 0 fully saturated rings. The van der Waals surface area contributed by atoms with Crippen LogP contribution in [0.2, 0.25) is 0 Å². The minimum Gasteiger partial charge on any atom is -0.308 e. The first-order valence-electron chi connectivity index (χ1n) is 5.41. The lowest BCUT2D eigenvalue weighted by molar-refractivity contribution is 0.783. The molecule has 1 aromatic rings. The average molecular weight is 229 g/mol. The van der Waals surface area contributed by atoms with E-state index in [2.05, 4.69) is 31.3 Å². The summed E-state index contributed by atoms with van der Waals surface area (Å²) < 4.78 is 0. The maximum Gasteiger partial charge on any atom is 0.0213 e. The van der Waals surface area contributed by atoms with Gasteiger partial charge >= 0.3 is 0 Å². The van der Waals surface area contributed by atoms with Gasteiger partial charge in [-0.1, -0.05) is 18.2 Å². The Labute approximate surface area is 102 Å². The molecule has 0 bridgehead atoms. The summed E-state index contributed by atoms with van der Waals surface area (Å²) in [6.45, 7) is 3.88. The fourth-order valence-corrected chi connectivity index (χ4v) is 2.40. The summed E-state index contributed by atoms with van der Waals surface area (Å²) in [5.41, 5.74) is 3.59. The van der Waals surface area contributed by atoms with Crippen LogP contribution in [0, 0.1) is 11.3 Å². The van der Waals surface area contributed by atoms with E-state index in [0.717, 1.165) is 23.3 Å². The van der Waals surface area contributed by atoms with Crippen LogP contribution in [-0.2, 0) is 0 Å². The Morgan fingerprint density at radius 1 is 1.31 bits per heavy atom. The molecule has 2 heteroatoms. The van der Waals surface area contributed by atoms with E-state index in [4.69, 9.17) is 5.41 Å². The van der Waals surface area contributed by atoms with Gasteiger partial charge in [-0.15, -0.1) is 19.2 Å². The predicted octanol–water partition coefficient (Wildman–Crippen LogP) is 3.97. The molecule has 1 aromatic carbocycles. The summed E-state index contributed by atoms with van der Waals surface area (Å²) in [5, 5.41) is 7.45. The van der Waals surface area contributed by atoms with Crippen molar-refractivity contribution in [1.82, 2.24) is 0 Å². The fourth-order valence-electron chi connectivity index (χ4n) is 2.25. The maximum atomic E-state index is 7.45. The van der Waals surface area contributed by atoms with Gasteiger partial charge in [-0.3, -0.25) is 0 Å². The number of benzene rings is 1. The lowest BCUT2D eigenvalue weighted by Crippen LogP contribution is -1.95. The molecule has 1 atom stereocenters. The molecule has 2 rings (SSSR count). The zero-order valence-electron chi connectivity index (χ0n) is 9.11. The Morgan fingerprint density at radius 2 is 2.00 bits per heavy atom. The van der Waals surface area contributed by atoms with Crippen molar-refractivity contribution < 1.29 is 0 Å². The average Bonchev–Trinajstić information content (AvgIpc) is 2.73. The first-order valence-corrected chi connectivity index (χ1v) is 5.86. The van der Waals surface area contributed by atoms with E-state index < -0.39 is 0 Å². The molecule has 0 amide bonds. The van der Waals surface area contributed by atoms with Gasteiger partial charge in [0.2, 0.25) is 0 Å². The molecule has 0 aromatic heterocycles. The molecule has 1 nitrogen and oxygen atoms in total. The predicted molar refractivity (Wildman–Crippen MR) is 72.3 cm³/mol. The molecule has 0 heterocycles. The van der Waals surface area contributed by atoms with E-state index >= 15 is 0 Å². The molecular formula is C14H15NS. The van der Waals surface area contributed by atoms with Gasteiger partial charge in [0.1, 0.15) is 0 Å². The molecule has 0 saturated carbocycles. The first-order chi connectivity index (χ1) is 7.76. The zero-order valence-corrected chi connectivity index (χ0v) is 10.0. The standard InChI is InChI=1S/C14H15NS/c1-2-10-3-4-12(9-15)14(10)11-5-7-13(16)8-6-11/h2,5-10,15-16H,1,3-4H2. The van der Waals surface area contributed by atoms with Crippen molar-refractivity contribution in [3.63, 3.8) is 0 Å². The molecular weight excluding hydrogens is 214 g/mol. The van der Waals surface area contributed by atoms with Crippen LogP contribution in [0.1, 0.15) is 18.4 Å². The summed E-state index contributed by atoms with van der Waals surface area (Å²) in [6.07, 6.45) is 5.53. The quantitative estimate of drug-likeness (QED) is 0.445. The molecule has 1 aliphatic carbocycles. The maximum absolute atomic E-state index is 7.45. The fraction of sp³-hybridized carbons (Fsp3) is 0.214. The molecule has 0 radical (unpaired) electrons.